The molecule has 0 atom stereocenters. The minimum atomic E-state index is -0.0893. The Morgan fingerprint density at radius 1 is 1.47 bits per heavy atom. The van der Waals surface area contributed by atoms with Gasteiger partial charge in [0, 0.05) is 17.0 Å². The van der Waals surface area contributed by atoms with E-state index in [0.29, 0.717) is 6.42 Å². The van der Waals surface area contributed by atoms with Crippen LogP contribution in [0, 0.1) is 6.92 Å². The zero-order valence-corrected chi connectivity index (χ0v) is 10.0. The molecule has 0 saturated carbocycles. The molecule has 1 heterocycles. The first-order valence-corrected chi connectivity index (χ1v) is 5.47. The van der Waals surface area contributed by atoms with E-state index in [1.807, 2.05) is 19.1 Å². The second kappa shape index (κ2) is 4.45. The van der Waals surface area contributed by atoms with Crippen molar-refractivity contribution < 1.29 is 4.74 Å². The molecule has 0 aliphatic carbocycles. The van der Waals surface area contributed by atoms with E-state index in [1.54, 1.807) is 19.3 Å². The monoisotopic (exact) mass is 229 g/mol. The summed E-state index contributed by atoms with van der Waals surface area (Å²) in [5.74, 6) is 0.777. The van der Waals surface area contributed by atoms with Crippen LogP contribution in [0.15, 0.2) is 35.6 Å². The number of aryl methyl sites for hydroxylation is 1. The van der Waals surface area contributed by atoms with Crippen LogP contribution < -0.4 is 10.3 Å². The van der Waals surface area contributed by atoms with Gasteiger partial charge in [0.05, 0.1) is 12.6 Å². The minimum Gasteiger partial charge on any atom is -0.496 e. The number of aromatic nitrogens is 1. The Morgan fingerprint density at radius 3 is 2.88 bits per heavy atom. The summed E-state index contributed by atoms with van der Waals surface area (Å²) in [6, 6.07) is 5.49. The van der Waals surface area contributed by atoms with Crippen LogP contribution in [-0.2, 0) is 6.42 Å². The number of rotatable bonds is 3. The molecule has 0 fully saturated rings. The van der Waals surface area contributed by atoms with Gasteiger partial charge in [-0.3, -0.25) is 4.79 Å². The van der Waals surface area contributed by atoms with E-state index in [-0.39, 0.29) is 5.56 Å². The summed E-state index contributed by atoms with van der Waals surface area (Å²) in [4.78, 5) is 14.4. The van der Waals surface area contributed by atoms with Gasteiger partial charge in [-0.15, -0.1) is 6.58 Å². The normalized spacial score (nSPS) is 10.5. The number of pyridine rings is 1. The van der Waals surface area contributed by atoms with Gasteiger partial charge in [0.2, 0.25) is 5.56 Å². The maximum Gasteiger partial charge on any atom is 0.248 e. The van der Waals surface area contributed by atoms with Gasteiger partial charge in [0.1, 0.15) is 5.75 Å². The van der Waals surface area contributed by atoms with Gasteiger partial charge in [-0.1, -0.05) is 6.08 Å². The molecule has 1 N–H and O–H groups in total. The molecule has 1 aromatic carbocycles. The first kappa shape index (κ1) is 11.5. The lowest BCUT2D eigenvalue weighted by atomic mass is 10.0. The Balaban J connectivity index is 2.87. The second-order valence-corrected chi connectivity index (χ2v) is 3.98. The van der Waals surface area contributed by atoms with Crippen molar-refractivity contribution in [1.82, 2.24) is 4.98 Å². The highest BCUT2D eigenvalue weighted by atomic mass is 16.5. The fourth-order valence-corrected chi connectivity index (χ4v) is 2.07. The van der Waals surface area contributed by atoms with E-state index >= 15 is 0 Å². The van der Waals surface area contributed by atoms with E-state index in [9.17, 15) is 4.79 Å². The van der Waals surface area contributed by atoms with Crippen molar-refractivity contribution in [2.24, 2.45) is 0 Å². The summed E-state index contributed by atoms with van der Waals surface area (Å²) >= 11 is 0. The summed E-state index contributed by atoms with van der Waals surface area (Å²) in [6.45, 7) is 5.67. The number of allylic oxidation sites excluding steroid dienone is 1. The smallest absolute Gasteiger partial charge is 0.248 e. The number of benzene rings is 1. The predicted octanol–water partition coefficient (Wildman–Crippen LogP) is 2.57. The van der Waals surface area contributed by atoms with Crippen molar-refractivity contribution in [2.45, 2.75) is 13.3 Å². The molecule has 2 rings (SSSR count). The maximum atomic E-state index is 11.5. The van der Waals surface area contributed by atoms with Crippen molar-refractivity contribution >= 4 is 10.9 Å². The fourth-order valence-electron chi connectivity index (χ4n) is 2.07. The Hall–Kier alpha value is -2.03. The van der Waals surface area contributed by atoms with Gasteiger partial charge >= 0.3 is 0 Å². The molecule has 3 heteroatoms. The van der Waals surface area contributed by atoms with Crippen LogP contribution in [0.25, 0.3) is 10.9 Å². The Bertz CT molecular complexity index is 626. The highest BCUT2D eigenvalue weighted by Gasteiger charge is 2.09. The van der Waals surface area contributed by atoms with Crippen LogP contribution in [0.2, 0.25) is 0 Å². The number of hydrogen-bond acceptors (Lipinski definition) is 2. The lowest BCUT2D eigenvalue weighted by molar-refractivity contribution is 0.411. The van der Waals surface area contributed by atoms with E-state index in [2.05, 4.69) is 11.6 Å². The number of ether oxygens (including phenoxy) is 1. The Morgan fingerprint density at radius 2 is 2.24 bits per heavy atom. The SMILES string of the molecule is C=CCc1c(OC)ccc2c(C)cc(=O)[nH]c12. The van der Waals surface area contributed by atoms with Gasteiger partial charge in [-0.2, -0.15) is 0 Å². The largest absolute Gasteiger partial charge is 0.496 e. The summed E-state index contributed by atoms with van der Waals surface area (Å²) < 4.78 is 5.32. The molecule has 3 nitrogen and oxygen atoms in total. The van der Waals surface area contributed by atoms with Crippen molar-refractivity contribution in [3.8, 4) is 5.75 Å². The topological polar surface area (TPSA) is 42.1 Å². The van der Waals surface area contributed by atoms with E-state index < -0.39 is 0 Å². The third-order valence-corrected chi connectivity index (χ3v) is 2.86. The molecule has 0 aliphatic heterocycles. The molecule has 88 valence electrons. The molecule has 0 bridgehead atoms. The highest BCUT2D eigenvalue weighted by molar-refractivity contribution is 5.86. The van der Waals surface area contributed by atoms with Crippen LogP contribution in [0.3, 0.4) is 0 Å². The lowest BCUT2D eigenvalue weighted by Crippen LogP contribution is -2.07. The first-order valence-electron chi connectivity index (χ1n) is 5.47. The minimum absolute atomic E-state index is 0.0893. The summed E-state index contributed by atoms with van der Waals surface area (Å²) in [5, 5.41) is 1.04. The maximum absolute atomic E-state index is 11.5. The van der Waals surface area contributed by atoms with Crippen LogP contribution in [0.5, 0.6) is 5.75 Å². The highest BCUT2D eigenvalue weighted by Crippen LogP contribution is 2.27. The van der Waals surface area contributed by atoms with E-state index in [1.165, 1.54) is 0 Å². The summed E-state index contributed by atoms with van der Waals surface area (Å²) in [5.41, 5.74) is 2.69. The molecular weight excluding hydrogens is 214 g/mol. The molecule has 0 amide bonds. The van der Waals surface area contributed by atoms with Gasteiger partial charge in [0.15, 0.2) is 0 Å². The Labute approximate surface area is 99.7 Å². The molecule has 1 aromatic heterocycles. The van der Waals surface area contributed by atoms with Crippen molar-refractivity contribution in [2.75, 3.05) is 7.11 Å². The number of H-pyrrole nitrogens is 1. The zero-order valence-electron chi connectivity index (χ0n) is 10.0. The number of fused-ring (bicyclic) bond motifs is 1. The van der Waals surface area contributed by atoms with Crippen LogP contribution in [0.1, 0.15) is 11.1 Å². The lowest BCUT2D eigenvalue weighted by Gasteiger charge is -2.11. The molecule has 0 unspecified atom stereocenters. The number of aromatic amines is 1. The van der Waals surface area contributed by atoms with Crippen molar-refractivity contribution in [3.63, 3.8) is 0 Å². The number of nitrogens with one attached hydrogen (secondary N) is 1. The number of methoxy groups -OCH3 is 1. The Kier molecular flexibility index (Phi) is 3.00. The van der Waals surface area contributed by atoms with Crippen LogP contribution in [-0.4, -0.2) is 12.1 Å². The van der Waals surface area contributed by atoms with Gasteiger partial charge in [-0.25, -0.2) is 0 Å². The molecular formula is C14H15NO2. The third kappa shape index (κ3) is 1.96. The third-order valence-electron chi connectivity index (χ3n) is 2.86. The quantitative estimate of drug-likeness (QED) is 0.822. The van der Waals surface area contributed by atoms with E-state index in [4.69, 9.17) is 4.74 Å². The van der Waals surface area contributed by atoms with E-state index in [0.717, 1.165) is 27.8 Å². The molecule has 0 aliphatic rings. The molecule has 0 spiro atoms. The molecule has 0 saturated heterocycles. The predicted molar refractivity (Wildman–Crippen MR) is 69.8 cm³/mol. The summed E-state index contributed by atoms with van der Waals surface area (Å²) in [7, 11) is 1.63. The van der Waals surface area contributed by atoms with Crippen LogP contribution >= 0.6 is 0 Å². The van der Waals surface area contributed by atoms with Gasteiger partial charge in [-0.05, 0) is 31.0 Å². The standard InChI is InChI=1S/C14H15NO2/c1-4-5-11-12(17-3)7-6-10-9(2)8-13(16)15-14(10)11/h4,6-8H,1,5H2,2-3H3,(H,15,16). The summed E-state index contributed by atoms with van der Waals surface area (Å²) in [6.07, 6.45) is 2.47. The first-order chi connectivity index (χ1) is 8.17. The van der Waals surface area contributed by atoms with Crippen LogP contribution in [0.4, 0.5) is 0 Å². The van der Waals surface area contributed by atoms with Gasteiger partial charge in [0.25, 0.3) is 0 Å². The molecule has 17 heavy (non-hydrogen) atoms. The molecule has 0 radical (unpaired) electrons. The molecule has 2 aromatic rings. The van der Waals surface area contributed by atoms with Gasteiger partial charge < -0.3 is 9.72 Å². The van der Waals surface area contributed by atoms with Crippen molar-refractivity contribution in [1.29, 1.82) is 0 Å². The second-order valence-electron chi connectivity index (χ2n) is 3.98. The fraction of sp³-hybridized carbons (Fsp3) is 0.214. The van der Waals surface area contributed by atoms with Crippen molar-refractivity contribution in [3.05, 3.63) is 52.3 Å². The average molecular weight is 229 g/mol. The zero-order chi connectivity index (χ0) is 12.4. The number of hydrogen-bond donors (Lipinski definition) is 1. The average Bonchev–Trinajstić information content (AvgIpc) is 2.30.